The van der Waals surface area contributed by atoms with Crippen molar-refractivity contribution < 1.29 is 9.73 Å². The lowest BCUT2D eigenvalue weighted by Crippen LogP contribution is -2.19. The third-order valence-corrected chi connectivity index (χ3v) is 4.15. The molecule has 4 nitrogen and oxygen atoms in total. The van der Waals surface area contributed by atoms with Crippen molar-refractivity contribution in [1.82, 2.24) is 5.16 Å². The van der Waals surface area contributed by atoms with Gasteiger partial charge in [-0.05, 0) is 24.3 Å². The van der Waals surface area contributed by atoms with Crippen molar-refractivity contribution in [3.05, 3.63) is 52.9 Å². The maximum absolute atomic E-state index is 9.39. The highest BCUT2D eigenvalue weighted by molar-refractivity contribution is 6.03. The van der Waals surface area contributed by atoms with Crippen LogP contribution >= 0.6 is 0 Å². The van der Waals surface area contributed by atoms with Crippen LogP contribution in [0, 0.1) is 0 Å². The zero-order valence-corrected chi connectivity index (χ0v) is 12.2. The molecule has 21 heavy (non-hydrogen) atoms. The molecule has 0 saturated heterocycles. The van der Waals surface area contributed by atoms with Crippen LogP contribution in [0.25, 0.3) is 0 Å². The van der Waals surface area contributed by atoms with Gasteiger partial charge in [-0.3, -0.25) is 0 Å². The standard InChI is InChI=1S/C17H20N2O2/c1-2-3-9-14-17-15(18-20)10-13(11-16(17)21-19-14)12-7-5-4-6-8-12/h4-8,13,20H,2-3,9-11H2,1H3. The van der Waals surface area contributed by atoms with Crippen LogP contribution in [0.1, 0.15) is 54.7 Å². The molecule has 0 radical (unpaired) electrons. The molecule has 1 N–H and O–H groups in total. The molecule has 1 aromatic carbocycles. The van der Waals surface area contributed by atoms with Gasteiger partial charge in [0, 0.05) is 12.8 Å². The van der Waals surface area contributed by atoms with E-state index in [1.54, 1.807) is 0 Å². The Labute approximate surface area is 124 Å². The van der Waals surface area contributed by atoms with E-state index in [-0.39, 0.29) is 5.92 Å². The van der Waals surface area contributed by atoms with E-state index in [0.717, 1.165) is 49.1 Å². The van der Waals surface area contributed by atoms with Crippen molar-refractivity contribution in [1.29, 1.82) is 0 Å². The second-order valence-corrected chi connectivity index (χ2v) is 5.59. The average Bonchev–Trinajstić information content (AvgIpc) is 2.96. The molecular weight excluding hydrogens is 264 g/mol. The van der Waals surface area contributed by atoms with E-state index in [1.165, 1.54) is 5.56 Å². The molecule has 0 saturated carbocycles. The SMILES string of the molecule is CCCCc1noc2c1C(=NO)CC(c1ccccc1)C2. The van der Waals surface area contributed by atoms with Gasteiger partial charge in [-0.2, -0.15) is 0 Å². The lowest BCUT2D eigenvalue weighted by Gasteiger charge is -2.22. The maximum Gasteiger partial charge on any atom is 0.146 e. The first kappa shape index (κ1) is 13.9. The van der Waals surface area contributed by atoms with Crippen LogP contribution in [-0.2, 0) is 12.8 Å². The second-order valence-electron chi connectivity index (χ2n) is 5.59. The van der Waals surface area contributed by atoms with E-state index in [2.05, 4.69) is 29.4 Å². The van der Waals surface area contributed by atoms with Gasteiger partial charge in [0.2, 0.25) is 0 Å². The molecule has 1 aliphatic carbocycles. The predicted molar refractivity (Wildman–Crippen MR) is 80.9 cm³/mol. The number of fused-ring (bicyclic) bond motifs is 1. The van der Waals surface area contributed by atoms with Crippen LogP contribution in [-0.4, -0.2) is 16.1 Å². The van der Waals surface area contributed by atoms with Crippen LogP contribution in [0.4, 0.5) is 0 Å². The van der Waals surface area contributed by atoms with Crippen LogP contribution in [0.2, 0.25) is 0 Å². The van der Waals surface area contributed by atoms with E-state index in [9.17, 15) is 5.21 Å². The number of aromatic nitrogens is 1. The Kier molecular flexibility index (Phi) is 4.04. The summed E-state index contributed by atoms with van der Waals surface area (Å²) in [6, 6.07) is 10.3. The molecule has 1 heterocycles. The summed E-state index contributed by atoms with van der Waals surface area (Å²) >= 11 is 0. The molecule has 1 unspecified atom stereocenters. The van der Waals surface area contributed by atoms with Crippen molar-refractivity contribution >= 4 is 5.71 Å². The largest absolute Gasteiger partial charge is 0.411 e. The Bertz CT molecular complexity index is 631. The van der Waals surface area contributed by atoms with Gasteiger partial charge in [0.25, 0.3) is 0 Å². The lowest BCUT2D eigenvalue weighted by atomic mass is 9.81. The average molecular weight is 284 g/mol. The molecule has 110 valence electrons. The summed E-state index contributed by atoms with van der Waals surface area (Å²) in [5, 5.41) is 17.1. The van der Waals surface area contributed by atoms with Gasteiger partial charge in [0.15, 0.2) is 0 Å². The minimum atomic E-state index is 0.288. The van der Waals surface area contributed by atoms with Gasteiger partial charge in [-0.1, -0.05) is 54.0 Å². The van der Waals surface area contributed by atoms with Gasteiger partial charge in [-0.15, -0.1) is 0 Å². The van der Waals surface area contributed by atoms with E-state index in [0.29, 0.717) is 5.71 Å². The topological polar surface area (TPSA) is 58.6 Å². The van der Waals surface area contributed by atoms with E-state index in [1.807, 2.05) is 18.2 Å². The number of rotatable bonds is 4. The van der Waals surface area contributed by atoms with Crippen LogP contribution in [0.5, 0.6) is 0 Å². The van der Waals surface area contributed by atoms with Crippen LogP contribution in [0.15, 0.2) is 40.0 Å². The van der Waals surface area contributed by atoms with Crippen molar-refractivity contribution in [3.63, 3.8) is 0 Å². The van der Waals surface area contributed by atoms with Gasteiger partial charge in [0.05, 0.1) is 17.0 Å². The number of aryl methyl sites for hydroxylation is 1. The fraction of sp³-hybridized carbons (Fsp3) is 0.412. The summed E-state index contributed by atoms with van der Waals surface area (Å²) in [6.07, 6.45) is 4.61. The summed E-state index contributed by atoms with van der Waals surface area (Å²) in [6.45, 7) is 2.15. The zero-order valence-electron chi connectivity index (χ0n) is 12.2. The molecule has 1 aliphatic rings. The molecule has 0 bridgehead atoms. The normalized spacial score (nSPS) is 19.7. The monoisotopic (exact) mass is 284 g/mol. The van der Waals surface area contributed by atoms with Crippen molar-refractivity contribution in [2.45, 2.75) is 44.9 Å². The number of benzene rings is 1. The first-order chi connectivity index (χ1) is 10.3. The Morgan fingerprint density at radius 1 is 1.29 bits per heavy atom. The molecule has 3 rings (SSSR count). The third-order valence-electron chi connectivity index (χ3n) is 4.15. The first-order valence-corrected chi connectivity index (χ1v) is 7.57. The van der Waals surface area contributed by atoms with E-state index < -0.39 is 0 Å². The number of nitrogens with zero attached hydrogens (tertiary/aromatic N) is 2. The Balaban J connectivity index is 1.91. The summed E-state index contributed by atoms with van der Waals surface area (Å²) in [4.78, 5) is 0. The summed E-state index contributed by atoms with van der Waals surface area (Å²) in [7, 11) is 0. The Hall–Kier alpha value is -2.10. The van der Waals surface area contributed by atoms with Gasteiger partial charge >= 0.3 is 0 Å². The van der Waals surface area contributed by atoms with Crippen molar-refractivity contribution in [2.24, 2.45) is 5.16 Å². The smallest absolute Gasteiger partial charge is 0.146 e. The van der Waals surface area contributed by atoms with Gasteiger partial charge in [0.1, 0.15) is 5.76 Å². The Morgan fingerprint density at radius 2 is 2.10 bits per heavy atom. The predicted octanol–water partition coefficient (Wildman–Crippen LogP) is 3.93. The van der Waals surface area contributed by atoms with Gasteiger partial charge in [-0.25, -0.2) is 0 Å². The maximum atomic E-state index is 9.39. The minimum Gasteiger partial charge on any atom is -0.411 e. The minimum absolute atomic E-state index is 0.288. The fourth-order valence-electron chi connectivity index (χ4n) is 3.03. The van der Waals surface area contributed by atoms with Crippen LogP contribution < -0.4 is 0 Å². The molecule has 0 fully saturated rings. The highest BCUT2D eigenvalue weighted by Gasteiger charge is 2.31. The zero-order chi connectivity index (χ0) is 14.7. The van der Waals surface area contributed by atoms with Crippen LogP contribution in [0.3, 0.4) is 0 Å². The Morgan fingerprint density at radius 3 is 2.81 bits per heavy atom. The molecule has 0 aliphatic heterocycles. The molecule has 4 heteroatoms. The third kappa shape index (κ3) is 2.71. The summed E-state index contributed by atoms with van der Waals surface area (Å²) in [5.74, 6) is 1.14. The summed E-state index contributed by atoms with van der Waals surface area (Å²) in [5.41, 5.74) is 3.83. The highest BCUT2D eigenvalue weighted by atomic mass is 16.5. The second kappa shape index (κ2) is 6.12. The van der Waals surface area contributed by atoms with E-state index in [4.69, 9.17) is 4.52 Å². The summed E-state index contributed by atoms with van der Waals surface area (Å²) < 4.78 is 5.53. The molecule has 1 aromatic heterocycles. The first-order valence-electron chi connectivity index (χ1n) is 7.57. The fourth-order valence-corrected chi connectivity index (χ4v) is 3.03. The number of oxime groups is 1. The number of hydrogen-bond donors (Lipinski definition) is 1. The van der Waals surface area contributed by atoms with Gasteiger partial charge < -0.3 is 9.73 Å². The highest BCUT2D eigenvalue weighted by Crippen LogP contribution is 2.34. The lowest BCUT2D eigenvalue weighted by molar-refractivity contribution is 0.315. The van der Waals surface area contributed by atoms with Crippen molar-refractivity contribution in [3.8, 4) is 0 Å². The number of hydrogen-bond acceptors (Lipinski definition) is 4. The van der Waals surface area contributed by atoms with Crippen molar-refractivity contribution in [2.75, 3.05) is 0 Å². The molecule has 0 spiro atoms. The molecule has 2 aromatic rings. The molecule has 0 amide bonds. The quantitative estimate of drug-likeness (QED) is 0.683. The molecule has 1 atom stereocenters. The number of unbranched alkanes of at least 4 members (excludes halogenated alkanes) is 1. The van der Waals surface area contributed by atoms with E-state index >= 15 is 0 Å². The molecular formula is C17H20N2O2.